The Kier molecular flexibility index (Phi) is 3.98. The van der Waals surface area contributed by atoms with Gasteiger partial charge in [-0.3, -0.25) is 9.69 Å². The summed E-state index contributed by atoms with van der Waals surface area (Å²) in [4.78, 5) is 21.1. The van der Waals surface area contributed by atoms with Gasteiger partial charge in [-0.2, -0.15) is 0 Å². The van der Waals surface area contributed by atoms with Gasteiger partial charge >= 0.3 is 0 Å². The van der Waals surface area contributed by atoms with E-state index in [1.165, 1.54) is 0 Å². The standard InChI is InChI=1S/C15H21N3O2/c1-12-9-17(10-12)11-13-3-2-4-14(16-13)15(19)18-5-7-20-8-6-18/h2-4,12H,5-11H2,1H3. The molecule has 1 aromatic rings. The summed E-state index contributed by atoms with van der Waals surface area (Å²) in [7, 11) is 0. The van der Waals surface area contributed by atoms with Crippen molar-refractivity contribution in [1.82, 2.24) is 14.8 Å². The van der Waals surface area contributed by atoms with Crippen LogP contribution in [-0.2, 0) is 11.3 Å². The molecule has 20 heavy (non-hydrogen) atoms. The Labute approximate surface area is 119 Å². The predicted molar refractivity (Wildman–Crippen MR) is 75.4 cm³/mol. The minimum Gasteiger partial charge on any atom is -0.378 e. The van der Waals surface area contributed by atoms with Gasteiger partial charge in [0.2, 0.25) is 0 Å². The van der Waals surface area contributed by atoms with Crippen molar-refractivity contribution in [3.63, 3.8) is 0 Å². The maximum Gasteiger partial charge on any atom is 0.272 e. The zero-order chi connectivity index (χ0) is 13.9. The van der Waals surface area contributed by atoms with Gasteiger partial charge in [-0.1, -0.05) is 13.0 Å². The Morgan fingerprint density at radius 1 is 1.35 bits per heavy atom. The Hall–Kier alpha value is -1.46. The maximum atomic E-state index is 12.4. The van der Waals surface area contributed by atoms with Gasteiger partial charge in [-0.05, 0) is 18.1 Å². The summed E-state index contributed by atoms with van der Waals surface area (Å²) < 4.78 is 5.27. The number of rotatable bonds is 3. The van der Waals surface area contributed by atoms with Crippen molar-refractivity contribution in [2.45, 2.75) is 13.5 Å². The molecule has 1 aromatic heterocycles. The Morgan fingerprint density at radius 2 is 2.10 bits per heavy atom. The number of nitrogens with zero attached hydrogens (tertiary/aromatic N) is 3. The number of likely N-dealkylation sites (tertiary alicyclic amines) is 1. The van der Waals surface area contributed by atoms with Gasteiger partial charge in [0.1, 0.15) is 5.69 Å². The van der Waals surface area contributed by atoms with Crippen molar-refractivity contribution in [3.8, 4) is 0 Å². The first-order valence-corrected chi connectivity index (χ1v) is 7.27. The highest BCUT2D eigenvalue weighted by Crippen LogP contribution is 2.17. The number of carbonyl (C=O) groups is 1. The van der Waals surface area contributed by atoms with Crippen LogP contribution in [0.5, 0.6) is 0 Å². The number of pyridine rings is 1. The molecule has 0 spiro atoms. The average Bonchev–Trinajstić information content (AvgIpc) is 2.46. The van der Waals surface area contributed by atoms with Crippen LogP contribution >= 0.6 is 0 Å². The number of ether oxygens (including phenoxy) is 1. The monoisotopic (exact) mass is 275 g/mol. The van der Waals surface area contributed by atoms with E-state index >= 15 is 0 Å². The van der Waals surface area contributed by atoms with Gasteiger partial charge in [0, 0.05) is 32.7 Å². The normalized spacial score (nSPS) is 20.8. The molecule has 0 atom stereocenters. The smallest absolute Gasteiger partial charge is 0.272 e. The summed E-state index contributed by atoms with van der Waals surface area (Å²) in [6.45, 7) is 7.92. The molecule has 0 bridgehead atoms. The zero-order valence-corrected chi connectivity index (χ0v) is 11.9. The Bertz CT molecular complexity index is 480. The molecule has 2 fully saturated rings. The number of aromatic nitrogens is 1. The van der Waals surface area contributed by atoms with Crippen LogP contribution in [0, 0.1) is 5.92 Å². The molecule has 1 amide bonds. The van der Waals surface area contributed by atoms with E-state index in [2.05, 4.69) is 16.8 Å². The lowest BCUT2D eigenvalue weighted by Crippen LogP contribution is -2.44. The second kappa shape index (κ2) is 5.89. The van der Waals surface area contributed by atoms with E-state index < -0.39 is 0 Å². The van der Waals surface area contributed by atoms with Crippen LogP contribution in [0.25, 0.3) is 0 Å². The van der Waals surface area contributed by atoms with Crippen molar-refractivity contribution in [2.75, 3.05) is 39.4 Å². The molecule has 3 heterocycles. The Morgan fingerprint density at radius 3 is 2.80 bits per heavy atom. The third-order valence-electron chi connectivity index (χ3n) is 3.85. The fraction of sp³-hybridized carbons (Fsp3) is 0.600. The quantitative estimate of drug-likeness (QED) is 0.826. The molecular weight excluding hydrogens is 254 g/mol. The molecular formula is C15H21N3O2. The van der Waals surface area contributed by atoms with Crippen LogP contribution in [0.1, 0.15) is 23.1 Å². The largest absolute Gasteiger partial charge is 0.378 e. The van der Waals surface area contributed by atoms with E-state index in [9.17, 15) is 4.79 Å². The van der Waals surface area contributed by atoms with Crippen LogP contribution in [0.2, 0.25) is 0 Å². The maximum absolute atomic E-state index is 12.4. The van der Waals surface area contributed by atoms with Crippen molar-refractivity contribution in [2.24, 2.45) is 5.92 Å². The molecule has 2 aliphatic heterocycles. The molecule has 2 saturated heterocycles. The van der Waals surface area contributed by atoms with Crippen LogP contribution in [-0.4, -0.2) is 60.1 Å². The number of carbonyl (C=O) groups excluding carboxylic acids is 1. The van der Waals surface area contributed by atoms with Crippen molar-refractivity contribution in [1.29, 1.82) is 0 Å². The molecule has 0 aliphatic carbocycles. The summed E-state index contributed by atoms with van der Waals surface area (Å²) in [6.07, 6.45) is 0. The highest BCUT2D eigenvalue weighted by Gasteiger charge is 2.23. The SMILES string of the molecule is CC1CN(Cc2cccc(C(=O)N3CCOCC3)n2)C1. The lowest BCUT2D eigenvalue weighted by Gasteiger charge is -2.36. The highest BCUT2D eigenvalue weighted by atomic mass is 16.5. The fourth-order valence-corrected chi connectivity index (χ4v) is 2.80. The van der Waals surface area contributed by atoms with Crippen molar-refractivity contribution < 1.29 is 9.53 Å². The van der Waals surface area contributed by atoms with Crippen LogP contribution in [0.4, 0.5) is 0 Å². The van der Waals surface area contributed by atoms with Gasteiger partial charge in [0.15, 0.2) is 0 Å². The van der Waals surface area contributed by atoms with Gasteiger partial charge in [0.05, 0.1) is 18.9 Å². The molecule has 0 aromatic carbocycles. The average molecular weight is 275 g/mol. The number of hydrogen-bond acceptors (Lipinski definition) is 4. The molecule has 3 rings (SSSR count). The molecule has 2 aliphatic rings. The zero-order valence-electron chi connectivity index (χ0n) is 11.9. The summed E-state index contributed by atoms with van der Waals surface area (Å²) in [5.41, 5.74) is 1.54. The predicted octanol–water partition coefficient (Wildman–Crippen LogP) is 1.01. The van der Waals surface area contributed by atoms with Crippen LogP contribution in [0.15, 0.2) is 18.2 Å². The van der Waals surface area contributed by atoms with Crippen LogP contribution < -0.4 is 0 Å². The second-order valence-corrected chi connectivity index (χ2v) is 5.72. The first-order chi connectivity index (χ1) is 9.72. The summed E-state index contributed by atoms with van der Waals surface area (Å²) >= 11 is 0. The number of morpholine rings is 1. The van der Waals surface area contributed by atoms with E-state index in [1.54, 1.807) is 6.07 Å². The molecule has 0 saturated carbocycles. The highest BCUT2D eigenvalue weighted by molar-refractivity contribution is 5.92. The molecule has 5 nitrogen and oxygen atoms in total. The van der Waals surface area contributed by atoms with Crippen molar-refractivity contribution >= 4 is 5.91 Å². The lowest BCUT2D eigenvalue weighted by molar-refractivity contribution is 0.0298. The summed E-state index contributed by atoms with van der Waals surface area (Å²) in [6, 6.07) is 5.73. The third kappa shape index (κ3) is 2.99. The topological polar surface area (TPSA) is 45.7 Å². The third-order valence-corrected chi connectivity index (χ3v) is 3.85. The van der Waals surface area contributed by atoms with E-state index in [-0.39, 0.29) is 5.91 Å². The van der Waals surface area contributed by atoms with Gasteiger partial charge in [0.25, 0.3) is 5.91 Å². The summed E-state index contributed by atoms with van der Waals surface area (Å²) in [5.74, 6) is 0.806. The van der Waals surface area contributed by atoms with Gasteiger partial charge in [-0.15, -0.1) is 0 Å². The first kappa shape index (κ1) is 13.5. The van der Waals surface area contributed by atoms with Gasteiger partial charge in [-0.25, -0.2) is 4.98 Å². The molecule has 0 radical (unpaired) electrons. The van der Waals surface area contributed by atoms with E-state index in [4.69, 9.17) is 4.74 Å². The summed E-state index contributed by atoms with van der Waals surface area (Å²) in [5, 5.41) is 0. The van der Waals surface area contributed by atoms with E-state index in [0.29, 0.717) is 32.0 Å². The minimum absolute atomic E-state index is 0.0205. The van der Waals surface area contributed by atoms with Crippen LogP contribution in [0.3, 0.4) is 0 Å². The minimum atomic E-state index is 0.0205. The second-order valence-electron chi connectivity index (χ2n) is 5.72. The molecule has 108 valence electrons. The van der Waals surface area contributed by atoms with E-state index in [1.807, 2.05) is 17.0 Å². The fourth-order valence-electron chi connectivity index (χ4n) is 2.80. The van der Waals surface area contributed by atoms with E-state index in [0.717, 1.165) is 31.2 Å². The molecule has 5 heteroatoms. The van der Waals surface area contributed by atoms with Crippen molar-refractivity contribution in [3.05, 3.63) is 29.6 Å². The Balaban J connectivity index is 1.65. The van der Waals surface area contributed by atoms with Gasteiger partial charge < -0.3 is 9.64 Å². The lowest BCUT2D eigenvalue weighted by atomic mass is 10.0. The molecule has 0 N–H and O–H groups in total. The number of hydrogen-bond donors (Lipinski definition) is 0. The molecule has 0 unspecified atom stereocenters. The first-order valence-electron chi connectivity index (χ1n) is 7.27. The number of amides is 1.